The SMILES string of the molecule is CC1CCC(N(CCOCc2csc3ccc(Cl)cc23)C(=O)Nc2ncc(SCC(=O)O)s2)CC1. The molecule has 35 heavy (non-hydrogen) atoms. The van der Waals surface area contributed by atoms with Gasteiger partial charge in [0, 0.05) is 22.3 Å². The molecule has 1 aromatic carbocycles. The third kappa shape index (κ3) is 7.33. The number of amides is 2. The van der Waals surface area contributed by atoms with Crippen LogP contribution in [0.5, 0.6) is 0 Å². The van der Waals surface area contributed by atoms with Gasteiger partial charge in [0.05, 0.1) is 29.4 Å². The van der Waals surface area contributed by atoms with E-state index in [0.29, 0.717) is 35.8 Å². The first-order valence-corrected chi connectivity index (χ1v) is 14.6. The summed E-state index contributed by atoms with van der Waals surface area (Å²) in [5.41, 5.74) is 1.10. The first-order valence-electron chi connectivity index (χ1n) is 11.5. The van der Waals surface area contributed by atoms with E-state index in [1.165, 1.54) is 27.8 Å². The Kier molecular flexibility index (Phi) is 9.29. The summed E-state index contributed by atoms with van der Waals surface area (Å²) in [5, 5.41) is 16.2. The number of halogens is 1. The number of nitrogens with one attached hydrogen (secondary N) is 1. The number of thiophene rings is 1. The molecule has 2 N–H and O–H groups in total. The van der Waals surface area contributed by atoms with E-state index < -0.39 is 5.97 Å². The topological polar surface area (TPSA) is 91.8 Å². The highest BCUT2D eigenvalue weighted by molar-refractivity contribution is 8.01. The molecule has 0 saturated heterocycles. The smallest absolute Gasteiger partial charge is 0.323 e. The summed E-state index contributed by atoms with van der Waals surface area (Å²) >= 11 is 10.3. The van der Waals surface area contributed by atoms with Gasteiger partial charge >= 0.3 is 12.0 Å². The fourth-order valence-electron chi connectivity index (χ4n) is 4.19. The Morgan fingerprint density at radius 2 is 2.11 bits per heavy atom. The maximum absolute atomic E-state index is 13.2. The van der Waals surface area contributed by atoms with Crippen molar-refractivity contribution in [3.8, 4) is 0 Å². The summed E-state index contributed by atoms with van der Waals surface area (Å²) in [7, 11) is 0. The number of carboxylic acid groups (broad SMARTS) is 1. The van der Waals surface area contributed by atoms with Crippen LogP contribution in [0.25, 0.3) is 10.1 Å². The van der Waals surface area contributed by atoms with Crippen molar-refractivity contribution in [2.75, 3.05) is 24.2 Å². The van der Waals surface area contributed by atoms with Crippen molar-refractivity contribution in [2.24, 2.45) is 5.92 Å². The molecule has 0 aliphatic heterocycles. The molecule has 11 heteroatoms. The predicted molar refractivity (Wildman–Crippen MR) is 144 cm³/mol. The second kappa shape index (κ2) is 12.4. The van der Waals surface area contributed by atoms with Crippen molar-refractivity contribution in [1.29, 1.82) is 0 Å². The van der Waals surface area contributed by atoms with Crippen molar-refractivity contribution in [3.05, 3.63) is 40.4 Å². The van der Waals surface area contributed by atoms with Gasteiger partial charge in [0.25, 0.3) is 0 Å². The maximum Gasteiger partial charge on any atom is 0.323 e. The Morgan fingerprint density at radius 3 is 2.89 bits per heavy atom. The zero-order valence-electron chi connectivity index (χ0n) is 19.4. The Labute approximate surface area is 221 Å². The van der Waals surface area contributed by atoms with Gasteiger partial charge in [-0.3, -0.25) is 10.1 Å². The molecule has 0 spiro atoms. The standard InChI is InChI=1S/C24H28ClN3O4S3/c1-15-2-5-18(6-3-15)28(24(31)27-23-26-11-22(35-23)34-14-21(29)30)8-9-32-12-16-13-33-20-7-4-17(25)10-19(16)20/h4,7,10-11,13,15,18H,2-3,5-6,8-9,12,14H2,1H3,(H,29,30)(H,26,27,31). The number of carboxylic acids is 1. The molecule has 0 atom stereocenters. The summed E-state index contributed by atoms with van der Waals surface area (Å²) < 4.78 is 7.93. The molecule has 0 bridgehead atoms. The minimum atomic E-state index is -0.884. The van der Waals surface area contributed by atoms with E-state index in [4.69, 9.17) is 21.4 Å². The molecule has 0 unspecified atom stereocenters. The number of carbonyl (C=O) groups is 2. The van der Waals surface area contributed by atoms with E-state index in [9.17, 15) is 9.59 Å². The molecule has 1 saturated carbocycles. The van der Waals surface area contributed by atoms with Gasteiger partial charge in [-0.1, -0.05) is 29.9 Å². The first kappa shape index (κ1) is 26.2. The fourth-order valence-corrected chi connectivity index (χ4v) is 6.88. The Hall–Kier alpha value is -1.85. The van der Waals surface area contributed by atoms with Crippen LogP contribution in [0.4, 0.5) is 9.93 Å². The van der Waals surface area contributed by atoms with Gasteiger partial charge in [0.2, 0.25) is 0 Å². The number of aromatic nitrogens is 1. The third-order valence-electron chi connectivity index (χ3n) is 6.07. The predicted octanol–water partition coefficient (Wildman–Crippen LogP) is 6.82. The number of benzene rings is 1. The lowest BCUT2D eigenvalue weighted by molar-refractivity contribution is -0.133. The molecule has 3 aromatic rings. The molecule has 2 heterocycles. The van der Waals surface area contributed by atoms with E-state index in [1.807, 2.05) is 23.1 Å². The van der Waals surface area contributed by atoms with Crippen LogP contribution in [0.3, 0.4) is 0 Å². The minimum Gasteiger partial charge on any atom is -0.481 e. The van der Waals surface area contributed by atoms with E-state index in [2.05, 4.69) is 22.6 Å². The largest absolute Gasteiger partial charge is 0.481 e. The molecule has 188 valence electrons. The van der Waals surface area contributed by atoms with Gasteiger partial charge in [0.1, 0.15) is 0 Å². The number of hydrogen-bond acceptors (Lipinski definition) is 7. The molecule has 7 nitrogen and oxygen atoms in total. The van der Waals surface area contributed by atoms with E-state index in [0.717, 1.165) is 40.8 Å². The molecule has 1 aliphatic rings. The summed E-state index contributed by atoms with van der Waals surface area (Å²) in [6.07, 6.45) is 5.75. The van der Waals surface area contributed by atoms with Gasteiger partial charge in [-0.25, -0.2) is 9.78 Å². The monoisotopic (exact) mass is 553 g/mol. The van der Waals surface area contributed by atoms with Crippen LogP contribution in [0.1, 0.15) is 38.2 Å². The van der Waals surface area contributed by atoms with Crippen LogP contribution in [0.15, 0.2) is 34.0 Å². The number of fused-ring (bicyclic) bond motifs is 1. The van der Waals surface area contributed by atoms with Gasteiger partial charge in [-0.2, -0.15) is 0 Å². The first-order chi connectivity index (χ1) is 16.9. The van der Waals surface area contributed by atoms with Crippen LogP contribution in [-0.4, -0.2) is 51.9 Å². The Balaban J connectivity index is 1.35. The second-order valence-corrected chi connectivity index (χ2v) is 12.3. The number of thiazole rings is 1. The van der Waals surface area contributed by atoms with Crippen LogP contribution in [-0.2, 0) is 16.1 Å². The maximum atomic E-state index is 13.2. The van der Waals surface area contributed by atoms with Gasteiger partial charge in [0.15, 0.2) is 5.13 Å². The van der Waals surface area contributed by atoms with Crippen LogP contribution in [0, 0.1) is 5.92 Å². The van der Waals surface area contributed by atoms with Crippen molar-refractivity contribution >= 4 is 73.3 Å². The lowest BCUT2D eigenvalue weighted by Gasteiger charge is -2.36. The number of hydrogen-bond donors (Lipinski definition) is 2. The number of thioether (sulfide) groups is 1. The number of rotatable bonds is 10. The summed E-state index contributed by atoms with van der Waals surface area (Å²) in [5.74, 6) is -0.241. The molecular formula is C24H28ClN3O4S3. The quantitative estimate of drug-likeness (QED) is 0.211. The molecule has 2 amide bonds. The molecule has 0 radical (unpaired) electrons. The van der Waals surface area contributed by atoms with E-state index in [-0.39, 0.29) is 17.8 Å². The summed E-state index contributed by atoms with van der Waals surface area (Å²) in [6, 6.07) is 5.85. The van der Waals surface area contributed by atoms with Crippen molar-refractivity contribution in [2.45, 2.75) is 49.5 Å². The van der Waals surface area contributed by atoms with Crippen molar-refractivity contribution < 1.29 is 19.4 Å². The zero-order chi connectivity index (χ0) is 24.8. The van der Waals surface area contributed by atoms with Crippen LogP contribution < -0.4 is 5.32 Å². The van der Waals surface area contributed by atoms with E-state index >= 15 is 0 Å². The highest BCUT2D eigenvalue weighted by Gasteiger charge is 2.28. The number of aliphatic carboxylic acids is 1. The van der Waals surface area contributed by atoms with Gasteiger partial charge < -0.3 is 14.7 Å². The van der Waals surface area contributed by atoms with Crippen molar-refractivity contribution in [3.63, 3.8) is 0 Å². The number of carbonyl (C=O) groups excluding carboxylic acids is 1. The van der Waals surface area contributed by atoms with Crippen LogP contribution in [0.2, 0.25) is 5.02 Å². The summed E-state index contributed by atoms with van der Waals surface area (Å²) in [4.78, 5) is 30.1. The highest BCUT2D eigenvalue weighted by atomic mass is 35.5. The average molecular weight is 554 g/mol. The van der Waals surface area contributed by atoms with Gasteiger partial charge in [-0.15, -0.1) is 23.1 Å². The fraction of sp³-hybridized carbons (Fsp3) is 0.458. The number of nitrogens with zero attached hydrogens (tertiary/aromatic N) is 2. The highest BCUT2D eigenvalue weighted by Crippen LogP contribution is 2.31. The lowest BCUT2D eigenvalue weighted by atomic mass is 9.86. The second-order valence-electron chi connectivity index (χ2n) is 8.66. The van der Waals surface area contributed by atoms with Gasteiger partial charge in [-0.05, 0) is 66.1 Å². The average Bonchev–Trinajstić information content (AvgIpc) is 3.45. The number of ether oxygens (including phenoxy) is 1. The Morgan fingerprint density at radius 1 is 1.31 bits per heavy atom. The number of anilines is 1. The molecular weight excluding hydrogens is 526 g/mol. The molecule has 2 aromatic heterocycles. The Bertz CT molecular complexity index is 1160. The molecule has 1 aliphatic carbocycles. The minimum absolute atomic E-state index is 0.0368. The normalized spacial score (nSPS) is 18.0. The summed E-state index contributed by atoms with van der Waals surface area (Å²) in [6.45, 7) is 3.63. The van der Waals surface area contributed by atoms with Crippen LogP contribution >= 0.6 is 46.0 Å². The van der Waals surface area contributed by atoms with Crippen molar-refractivity contribution in [1.82, 2.24) is 9.88 Å². The lowest BCUT2D eigenvalue weighted by Crippen LogP contribution is -2.46. The zero-order valence-corrected chi connectivity index (χ0v) is 22.6. The van der Waals surface area contributed by atoms with E-state index in [1.54, 1.807) is 17.5 Å². The third-order valence-corrected chi connectivity index (χ3v) is 9.41. The molecule has 1 fully saturated rings. The molecule has 4 rings (SSSR count). The number of urea groups is 1.